The number of nitrogens with zero attached hydrogens (tertiary/aromatic N) is 1. The highest BCUT2D eigenvalue weighted by Gasteiger charge is 2.42. The van der Waals surface area contributed by atoms with E-state index in [1.807, 2.05) is 13.0 Å². The zero-order chi connectivity index (χ0) is 20.1. The van der Waals surface area contributed by atoms with E-state index in [1.54, 1.807) is 11.3 Å². The molecule has 0 radical (unpaired) electrons. The summed E-state index contributed by atoms with van der Waals surface area (Å²) in [5.41, 5.74) is 1.73. The monoisotopic (exact) mass is 395 g/mol. The van der Waals surface area contributed by atoms with Gasteiger partial charge < -0.3 is 5.32 Å². The number of hydrogen-bond donors (Lipinski definition) is 2. The molecule has 148 valence electrons. The van der Waals surface area contributed by atoms with E-state index in [-0.39, 0.29) is 24.4 Å². The number of carbonyl (C=O) groups excluding carboxylic acids is 1. The van der Waals surface area contributed by atoms with Gasteiger partial charge in [0.1, 0.15) is 5.54 Å². The maximum Gasteiger partial charge on any atom is 0.235 e. The van der Waals surface area contributed by atoms with Gasteiger partial charge in [-0.25, -0.2) is 0 Å². The summed E-state index contributed by atoms with van der Waals surface area (Å²) in [7, 11) is 0. The van der Waals surface area contributed by atoms with Crippen molar-refractivity contribution in [1.82, 2.24) is 10.6 Å². The number of benzene rings is 1. The van der Waals surface area contributed by atoms with E-state index < -0.39 is 5.54 Å². The molecular formula is C23H29N3OS. The van der Waals surface area contributed by atoms with Crippen molar-refractivity contribution >= 4 is 17.2 Å². The van der Waals surface area contributed by atoms with Crippen LogP contribution in [0.3, 0.4) is 0 Å². The third-order valence-electron chi connectivity index (χ3n) is 5.77. The van der Waals surface area contributed by atoms with Crippen LogP contribution in [0.2, 0.25) is 0 Å². The van der Waals surface area contributed by atoms with Crippen molar-refractivity contribution in [3.63, 3.8) is 0 Å². The average Bonchev–Trinajstić information content (AvgIpc) is 3.45. The van der Waals surface area contributed by atoms with Crippen LogP contribution in [0.1, 0.15) is 68.0 Å². The normalized spacial score (nSPS) is 17.9. The van der Waals surface area contributed by atoms with Crippen molar-refractivity contribution in [2.24, 2.45) is 5.92 Å². The molecule has 1 aromatic carbocycles. The molecule has 1 aromatic heterocycles. The molecule has 0 spiro atoms. The second kappa shape index (κ2) is 8.89. The van der Waals surface area contributed by atoms with Gasteiger partial charge in [-0.3, -0.25) is 10.1 Å². The highest BCUT2D eigenvalue weighted by Crippen LogP contribution is 2.39. The Hall–Kier alpha value is -2.16. The van der Waals surface area contributed by atoms with Gasteiger partial charge in [0.05, 0.1) is 18.7 Å². The Morgan fingerprint density at radius 1 is 1.29 bits per heavy atom. The number of hydrogen-bond acceptors (Lipinski definition) is 4. The summed E-state index contributed by atoms with van der Waals surface area (Å²) in [6, 6.07) is 15.0. The largest absolute Gasteiger partial charge is 0.337 e. The summed E-state index contributed by atoms with van der Waals surface area (Å²) >= 11 is 1.68. The molecule has 2 aromatic rings. The highest BCUT2D eigenvalue weighted by molar-refractivity contribution is 7.10. The quantitative estimate of drug-likeness (QED) is 0.644. The number of rotatable bonds is 9. The van der Waals surface area contributed by atoms with Crippen molar-refractivity contribution in [2.45, 2.75) is 57.5 Å². The van der Waals surface area contributed by atoms with Crippen molar-refractivity contribution in [2.75, 3.05) is 6.54 Å². The molecule has 5 heteroatoms. The average molecular weight is 396 g/mol. The molecule has 3 rings (SSSR count). The van der Waals surface area contributed by atoms with Crippen LogP contribution < -0.4 is 10.6 Å². The zero-order valence-corrected chi connectivity index (χ0v) is 17.7. The van der Waals surface area contributed by atoms with Gasteiger partial charge >= 0.3 is 0 Å². The lowest BCUT2D eigenvalue weighted by molar-refractivity contribution is -0.121. The number of nitriles is 1. The fourth-order valence-corrected chi connectivity index (χ4v) is 4.33. The van der Waals surface area contributed by atoms with Crippen molar-refractivity contribution < 1.29 is 4.79 Å². The first kappa shape index (κ1) is 20.6. The molecule has 1 saturated carbocycles. The maximum absolute atomic E-state index is 12.5. The van der Waals surface area contributed by atoms with E-state index in [0.717, 1.165) is 24.8 Å². The predicted molar refractivity (Wildman–Crippen MR) is 114 cm³/mol. The Kier molecular flexibility index (Phi) is 6.53. The fraction of sp³-hybridized carbons (Fsp3) is 0.478. The van der Waals surface area contributed by atoms with Crippen molar-refractivity contribution in [1.29, 1.82) is 5.26 Å². The summed E-state index contributed by atoms with van der Waals surface area (Å²) in [6.07, 6.45) is 3.14. The lowest BCUT2D eigenvalue weighted by Crippen LogP contribution is -2.49. The molecular weight excluding hydrogens is 366 g/mol. The zero-order valence-electron chi connectivity index (χ0n) is 16.9. The second-order valence-corrected chi connectivity index (χ2v) is 8.92. The van der Waals surface area contributed by atoms with E-state index in [9.17, 15) is 10.1 Å². The molecule has 4 nitrogen and oxygen atoms in total. The third-order valence-corrected chi connectivity index (χ3v) is 6.71. The van der Waals surface area contributed by atoms with Crippen LogP contribution in [0.4, 0.5) is 0 Å². The molecule has 28 heavy (non-hydrogen) atoms. The highest BCUT2D eigenvalue weighted by atomic mass is 32.1. The summed E-state index contributed by atoms with van der Waals surface area (Å²) in [5.74, 6) is 0.690. The predicted octanol–water partition coefficient (Wildman–Crippen LogP) is 4.75. The standard InChI is InChI=1S/C23H29N3OS/c1-4-16(2)17-7-9-18(10-8-17)22(20-6-5-13-28-20)25-14-21(27)26-23(3,15-24)19-11-12-19/h5-10,13,16,19,22,25H,4,11-12,14H2,1-3H3,(H,26,27)/t16-,22+,23-/m0/s1. The minimum Gasteiger partial charge on any atom is -0.337 e. The molecule has 0 aliphatic heterocycles. The molecule has 3 atom stereocenters. The summed E-state index contributed by atoms with van der Waals surface area (Å²) in [5, 5.41) is 17.8. The first-order chi connectivity index (χ1) is 13.5. The SMILES string of the molecule is CC[C@H](C)c1ccc([C@@H](NCC(=O)N[C@@](C)(C#N)C2CC2)c2cccs2)cc1. The minimum absolute atomic E-state index is 0.0361. The summed E-state index contributed by atoms with van der Waals surface area (Å²) in [6.45, 7) is 6.44. The van der Waals surface area contributed by atoms with Crippen LogP contribution in [0.5, 0.6) is 0 Å². The molecule has 1 amide bonds. The summed E-state index contributed by atoms with van der Waals surface area (Å²) < 4.78 is 0. The lowest BCUT2D eigenvalue weighted by Gasteiger charge is -2.24. The van der Waals surface area contributed by atoms with E-state index in [2.05, 4.69) is 66.3 Å². The Morgan fingerprint density at radius 2 is 1.96 bits per heavy atom. The summed E-state index contributed by atoms with van der Waals surface area (Å²) in [4.78, 5) is 13.7. The lowest BCUT2D eigenvalue weighted by atomic mass is 9.95. The van der Waals surface area contributed by atoms with Gasteiger partial charge in [0, 0.05) is 4.88 Å². The van der Waals surface area contributed by atoms with Gasteiger partial charge in [-0.1, -0.05) is 44.2 Å². The van der Waals surface area contributed by atoms with Gasteiger partial charge in [-0.2, -0.15) is 5.26 Å². The second-order valence-electron chi connectivity index (χ2n) is 7.94. The van der Waals surface area contributed by atoms with Crippen LogP contribution >= 0.6 is 11.3 Å². The van der Waals surface area contributed by atoms with Crippen molar-refractivity contribution in [3.05, 3.63) is 57.8 Å². The smallest absolute Gasteiger partial charge is 0.235 e. The number of thiophene rings is 1. The molecule has 0 bridgehead atoms. The van der Waals surface area contributed by atoms with E-state index in [4.69, 9.17) is 0 Å². The van der Waals surface area contributed by atoms with Gasteiger partial charge in [0.15, 0.2) is 0 Å². The van der Waals surface area contributed by atoms with Gasteiger partial charge in [0.25, 0.3) is 0 Å². The van der Waals surface area contributed by atoms with Gasteiger partial charge in [-0.05, 0) is 60.6 Å². The molecule has 1 aliphatic carbocycles. The number of amides is 1. The Bertz CT molecular complexity index is 821. The first-order valence-electron chi connectivity index (χ1n) is 10.1. The van der Waals surface area contributed by atoms with Crippen LogP contribution in [0.15, 0.2) is 41.8 Å². The Balaban J connectivity index is 1.69. The molecule has 1 aliphatic rings. The van der Waals surface area contributed by atoms with Crippen LogP contribution in [-0.4, -0.2) is 18.0 Å². The molecule has 1 heterocycles. The van der Waals surface area contributed by atoms with Crippen LogP contribution in [-0.2, 0) is 4.79 Å². The molecule has 0 saturated heterocycles. The first-order valence-corrected chi connectivity index (χ1v) is 10.9. The molecule has 1 fully saturated rings. The number of nitrogens with one attached hydrogen (secondary N) is 2. The van der Waals surface area contributed by atoms with Crippen LogP contribution in [0, 0.1) is 17.2 Å². The van der Waals surface area contributed by atoms with Crippen LogP contribution in [0.25, 0.3) is 0 Å². The third kappa shape index (κ3) is 4.81. The van der Waals surface area contributed by atoms with E-state index >= 15 is 0 Å². The Morgan fingerprint density at radius 3 is 2.50 bits per heavy atom. The van der Waals surface area contributed by atoms with E-state index in [1.165, 1.54) is 10.4 Å². The topological polar surface area (TPSA) is 64.9 Å². The van der Waals surface area contributed by atoms with Crippen molar-refractivity contribution in [3.8, 4) is 6.07 Å². The van der Waals surface area contributed by atoms with Gasteiger partial charge in [0.2, 0.25) is 5.91 Å². The Labute approximate surface area is 172 Å². The molecule has 2 N–H and O–H groups in total. The minimum atomic E-state index is -0.755. The fourth-order valence-electron chi connectivity index (χ4n) is 3.50. The number of carbonyl (C=O) groups is 1. The van der Waals surface area contributed by atoms with Gasteiger partial charge in [-0.15, -0.1) is 11.3 Å². The molecule has 0 unspecified atom stereocenters. The maximum atomic E-state index is 12.5. The van der Waals surface area contributed by atoms with E-state index in [0.29, 0.717) is 5.92 Å².